The minimum absolute atomic E-state index is 0.0284. The Hall–Kier alpha value is -4.22. The number of ether oxygens (including phenoxy) is 1. The first-order chi connectivity index (χ1) is 18.3. The van der Waals surface area contributed by atoms with Gasteiger partial charge in [0.2, 0.25) is 5.88 Å². The number of hydrogen-bond donors (Lipinski definition) is 1. The van der Waals surface area contributed by atoms with Crippen molar-refractivity contribution in [2.24, 2.45) is 5.92 Å². The molecule has 2 amide bonds. The molecule has 0 aliphatic carbocycles. The van der Waals surface area contributed by atoms with Gasteiger partial charge in [-0.05, 0) is 37.3 Å². The van der Waals surface area contributed by atoms with E-state index in [1.54, 1.807) is 37.2 Å². The Bertz CT molecular complexity index is 1370. The van der Waals surface area contributed by atoms with E-state index in [9.17, 15) is 19.1 Å². The molecule has 38 heavy (non-hydrogen) atoms. The normalized spacial score (nSPS) is 17.7. The number of pyridine rings is 1. The van der Waals surface area contributed by atoms with Crippen molar-refractivity contribution in [1.29, 1.82) is 0 Å². The van der Waals surface area contributed by atoms with Gasteiger partial charge in [0, 0.05) is 36.8 Å². The Balaban J connectivity index is 1.66. The molecule has 2 aromatic carbocycles. The van der Waals surface area contributed by atoms with Crippen molar-refractivity contribution < 1.29 is 23.8 Å². The van der Waals surface area contributed by atoms with E-state index in [-0.39, 0.29) is 48.5 Å². The molecule has 7 nitrogen and oxygen atoms in total. The number of hydrogen-bond acceptors (Lipinski definition) is 5. The molecule has 3 aromatic rings. The van der Waals surface area contributed by atoms with Crippen molar-refractivity contribution in [1.82, 2.24) is 14.8 Å². The van der Waals surface area contributed by atoms with Gasteiger partial charge in [0.1, 0.15) is 17.5 Å². The lowest BCUT2D eigenvalue weighted by atomic mass is 9.99. The quantitative estimate of drug-likeness (QED) is 0.525. The third-order valence-corrected chi connectivity index (χ3v) is 6.55. The van der Waals surface area contributed by atoms with E-state index in [0.29, 0.717) is 5.56 Å². The average Bonchev–Trinajstić information content (AvgIpc) is 2.93. The molecule has 2 heterocycles. The van der Waals surface area contributed by atoms with E-state index in [2.05, 4.69) is 16.8 Å². The number of nitrogens with zero attached hydrogens (tertiary/aromatic N) is 3. The van der Waals surface area contributed by atoms with Crippen LogP contribution in [0.1, 0.15) is 45.7 Å². The molecule has 3 atom stereocenters. The maximum Gasteiger partial charge on any atom is 0.259 e. The van der Waals surface area contributed by atoms with Crippen LogP contribution >= 0.6 is 0 Å². The number of aromatic nitrogens is 1. The van der Waals surface area contributed by atoms with Gasteiger partial charge in [-0.1, -0.05) is 49.1 Å². The van der Waals surface area contributed by atoms with Crippen LogP contribution in [0.2, 0.25) is 0 Å². The number of carbonyl (C=O) groups excluding carboxylic acids is 2. The minimum atomic E-state index is -0.597. The van der Waals surface area contributed by atoms with Crippen LogP contribution in [0.4, 0.5) is 4.39 Å². The molecule has 1 aromatic heterocycles. The first-order valence-corrected chi connectivity index (χ1v) is 12.4. The Kier molecular flexibility index (Phi) is 8.39. The molecule has 0 saturated heterocycles. The predicted octanol–water partition coefficient (Wildman–Crippen LogP) is 3.61. The van der Waals surface area contributed by atoms with E-state index in [0.717, 1.165) is 5.56 Å². The number of fused-ring (bicyclic) bond motifs is 1. The van der Waals surface area contributed by atoms with Gasteiger partial charge in [-0.3, -0.25) is 9.59 Å². The summed E-state index contributed by atoms with van der Waals surface area (Å²) in [7, 11) is 1.58. The Morgan fingerprint density at radius 1 is 1.18 bits per heavy atom. The molecular weight excluding hydrogens is 485 g/mol. The van der Waals surface area contributed by atoms with E-state index in [1.165, 1.54) is 23.1 Å². The monoisotopic (exact) mass is 515 g/mol. The average molecular weight is 516 g/mol. The molecule has 0 spiro atoms. The molecule has 8 heteroatoms. The predicted molar refractivity (Wildman–Crippen MR) is 141 cm³/mol. The van der Waals surface area contributed by atoms with Crippen molar-refractivity contribution in [3.05, 3.63) is 94.9 Å². The lowest BCUT2D eigenvalue weighted by Gasteiger charge is -2.37. The van der Waals surface area contributed by atoms with Gasteiger partial charge in [0.15, 0.2) is 0 Å². The van der Waals surface area contributed by atoms with Crippen molar-refractivity contribution in [3.8, 4) is 17.7 Å². The van der Waals surface area contributed by atoms with E-state index in [4.69, 9.17) is 4.74 Å². The Morgan fingerprint density at radius 3 is 2.58 bits per heavy atom. The van der Waals surface area contributed by atoms with Gasteiger partial charge >= 0.3 is 0 Å². The van der Waals surface area contributed by atoms with Gasteiger partial charge < -0.3 is 19.6 Å². The van der Waals surface area contributed by atoms with Crippen molar-refractivity contribution in [2.45, 2.75) is 26.0 Å². The van der Waals surface area contributed by atoms with E-state index >= 15 is 0 Å². The largest absolute Gasteiger partial charge is 0.472 e. The number of carbonyl (C=O) groups is 2. The second kappa shape index (κ2) is 11.9. The summed E-state index contributed by atoms with van der Waals surface area (Å²) in [4.78, 5) is 33.9. The van der Waals surface area contributed by atoms with Gasteiger partial charge in [-0.15, -0.1) is 0 Å². The molecule has 0 radical (unpaired) electrons. The SMILES string of the molecule is C[C@H](CO)N1C[C@H](C)[C@@H](CN(C)C(=O)c2ccccc2F)Oc2ncc(C#Cc3ccccc3)cc2C1=O. The third kappa shape index (κ3) is 6.01. The number of amides is 2. The highest BCUT2D eigenvalue weighted by Crippen LogP contribution is 2.27. The lowest BCUT2D eigenvalue weighted by Crippen LogP contribution is -2.50. The maximum atomic E-state index is 14.2. The number of rotatable bonds is 5. The Labute approximate surface area is 221 Å². The number of aliphatic hydroxyl groups is 1. The molecule has 1 N–H and O–H groups in total. The first-order valence-electron chi connectivity index (χ1n) is 12.4. The molecule has 0 saturated carbocycles. The van der Waals surface area contributed by atoms with Crippen molar-refractivity contribution >= 4 is 11.8 Å². The number of aliphatic hydroxyl groups excluding tert-OH is 1. The fourth-order valence-electron chi connectivity index (χ4n) is 4.25. The molecule has 0 unspecified atom stereocenters. The topological polar surface area (TPSA) is 83.0 Å². The summed E-state index contributed by atoms with van der Waals surface area (Å²) >= 11 is 0. The standard InChI is InChI=1S/C30H30FN3O4/c1-20-17-34(21(2)19-35)30(37)25-15-23(14-13-22-9-5-4-6-10-22)16-32-28(25)38-27(20)18-33(3)29(36)24-11-7-8-12-26(24)31/h4-12,15-16,20-21,27,35H,17-19H2,1-3H3/t20-,21+,27+/m0/s1. The molecule has 4 rings (SSSR count). The van der Waals surface area contributed by atoms with Crippen LogP contribution in [-0.2, 0) is 0 Å². The van der Waals surface area contributed by atoms with Crippen LogP contribution in [0.3, 0.4) is 0 Å². The van der Waals surface area contributed by atoms with Crippen LogP contribution < -0.4 is 4.74 Å². The van der Waals surface area contributed by atoms with Crippen molar-refractivity contribution in [2.75, 3.05) is 26.7 Å². The summed E-state index contributed by atoms with van der Waals surface area (Å²) in [6.45, 7) is 3.88. The first kappa shape index (κ1) is 26.8. The number of benzene rings is 2. The second-order valence-corrected chi connectivity index (χ2v) is 9.48. The second-order valence-electron chi connectivity index (χ2n) is 9.48. The summed E-state index contributed by atoms with van der Waals surface area (Å²) < 4.78 is 20.5. The molecular formula is C30H30FN3O4. The summed E-state index contributed by atoms with van der Waals surface area (Å²) in [5, 5.41) is 9.85. The highest BCUT2D eigenvalue weighted by molar-refractivity contribution is 5.97. The van der Waals surface area contributed by atoms with Crippen LogP contribution in [0, 0.1) is 23.6 Å². The number of halogens is 1. The van der Waals surface area contributed by atoms with Gasteiger partial charge in [0.25, 0.3) is 11.8 Å². The van der Waals surface area contributed by atoms with Crippen LogP contribution in [0.15, 0.2) is 66.9 Å². The summed E-state index contributed by atoms with van der Waals surface area (Å²) in [5.74, 6) is 4.61. The van der Waals surface area contributed by atoms with Crippen molar-refractivity contribution in [3.63, 3.8) is 0 Å². The molecule has 1 aliphatic rings. The smallest absolute Gasteiger partial charge is 0.259 e. The van der Waals surface area contributed by atoms with Crippen LogP contribution in [0.5, 0.6) is 5.88 Å². The number of likely N-dealkylation sites (N-methyl/N-ethyl adjacent to an activating group) is 1. The summed E-state index contributed by atoms with van der Waals surface area (Å²) in [6.07, 6.45) is 0.990. The van der Waals surface area contributed by atoms with Crippen LogP contribution in [-0.4, -0.2) is 70.6 Å². The Morgan fingerprint density at radius 2 is 1.87 bits per heavy atom. The van der Waals surface area contributed by atoms with E-state index in [1.807, 2.05) is 37.3 Å². The van der Waals surface area contributed by atoms with Gasteiger partial charge in [0.05, 0.1) is 24.8 Å². The zero-order chi connectivity index (χ0) is 27.2. The summed E-state index contributed by atoms with van der Waals surface area (Å²) in [5.41, 5.74) is 1.57. The maximum absolute atomic E-state index is 14.2. The van der Waals surface area contributed by atoms with Gasteiger partial charge in [-0.25, -0.2) is 9.37 Å². The zero-order valence-electron chi connectivity index (χ0n) is 21.6. The highest BCUT2D eigenvalue weighted by Gasteiger charge is 2.35. The third-order valence-electron chi connectivity index (χ3n) is 6.55. The van der Waals surface area contributed by atoms with Gasteiger partial charge in [-0.2, -0.15) is 0 Å². The minimum Gasteiger partial charge on any atom is -0.472 e. The molecule has 196 valence electrons. The zero-order valence-corrected chi connectivity index (χ0v) is 21.6. The molecule has 0 fully saturated rings. The fourth-order valence-corrected chi connectivity index (χ4v) is 4.25. The fraction of sp³-hybridized carbons (Fsp3) is 0.300. The van der Waals surface area contributed by atoms with E-state index < -0.39 is 23.9 Å². The van der Waals surface area contributed by atoms with Crippen LogP contribution in [0.25, 0.3) is 0 Å². The summed E-state index contributed by atoms with van der Waals surface area (Å²) in [6, 6.07) is 16.5. The highest BCUT2D eigenvalue weighted by atomic mass is 19.1. The molecule has 0 bridgehead atoms. The molecule has 1 aliphatic heterocycles. The lowest BCUT2D eigenvalue weighted by molar-refractivity contribution is 0.0312.